The second-order valence-corrected chi connectivity index (χ2v) is 6.08. The van der Waals surface area contributed by atoms with E-state index in [0.29, 0.717) is 0 Å². The Morgan fingerprint density at radius 2 is 2.00 bits per heavy atom. The highest BCUT2D eigenvalue weighted by Gasteiger charge is 2.48. The third-order valence-electron chi connectivity index (χ3n) is 4.10. The van der Waals surface area contributed by atoms with Gasteiger partial charge in [-0.15, -0.1) is 0 Å². The number of esters is 1. The van der Waals surface area contributed by atoms with Gasteiger partial charge in [0.1, 0.15) is 5.75 Å². The quantitative estimate of drug-likeness (QED) is 0.619. The van der Waals surface area contributed by atoms with Crippen LogP contribution < -0.4 is 15.4 Å². The average molecular weight is 390 g/mol. The zero-order valence-electron chi connectivity index (χ0n) is 15.0. The van der Waals surface area contributed by atoms with Crippen LogP contribution in [0.3, 0.4) is 0 Å². The molecule has 2 aromatic carbocycles. The maximum atomic E-state index is 13.8. The lowest BCUT2D eigenvalue weighted by Gasteiger charge is -2.32. The van der Waals surface area contributed by atoms with Crippen molar-refractivity contribution < 1.29 is 32.6 Å². The zero-order chi connectivity index (χ0) is 20.5. The van der Waals surface area contributed by atoms with Crippen molar-refractivity contribution in [1.29, 1.82) is 0 Å². The smallest absolute Gasteiger partial charge is 0.360 e. The molecule has 3 rings (SSSR count). The van der Waals surface area contributed by atoms with Crippen LogP contribution in [-0.2, 0) is 14.3 Å². The fraction of sp³-hybridized carbons (Fsp3) is 0.211. The molecule has 0 aromatic heterocycles. The number of carbonyl (C=O) groups is 3. The molecule has 9 heteroatoms. The van der Waals surface area contributed by atoms with Gasteiger partial charge < -0.3 is 20.1 Å². The Labute approximate surface area is 158 Å². The third kappa shape index (κ3) is 3.38. The van der Waals surface area contributed by atoms with E-state index >= 15 is 0 Å². The van der Waals surface area contributed by atoms with Crippen molar-refractivity contribution >= 4 is 29.2 Å². The molecule has 7 nitrogen and oxygen atoms in total. The van der Waals surface area contributed by atoms with E-state index in [1.807, 2.05) is 0 Å². The van der Waals surface area contributed by atoms with Gasteiger partial charge in [0, 0.05) is 11.8 Å². The minimum Gasteiger partial charge on any atom is -0.464 e. The summed E-state index contributed by atoms with van der Waals surface area (Å²) in [6.07, 6.45) is 0. The van der Waals surface area contributed by atoms with Crippen molar-refractivity contribution in [2.75, 3.05) is 17.2 Å². The predicted molar refractivity (Wildman–Crippen MR) is 95.0 cm³/mol. The number of halogens is 2. The fourth-order valence-corrected chi connectivity index (χ4v) is 2.58. The first kappa shape index (κ1) is 19.3. The zero-order valence-corrected chi connectivity index (χ0v) is 15.0. The molecule has 2 amide bonds. The maximum Gasteiger partial charge on any atom is 0.360 e. The monoisotopic (exact) mass is 390 g/mol. The van der Waals surface area contributed by atoms with E-state index in [2.05, 4.69) is 10.6 Å². The van der Waals surface area contributed by atoms with Gasteiger partial charge in [0.2, 0.25) is 0 Å². The number of rotatable bonds is 4. The third-order valence-corrected chi connectivity index (χ3v) is 4.10. The van der Waals surface area contributed by atoms with Crippen LogP contribution in [-0.4, -0.2) is 30.0 Å². The lowest BCUT2D eigenvalue weighted by Crippen LogP contribution is -2.55. The molecule has 0 radical (unpaired) electrons. The molecule has 0 unspecified atom stereocenters. The van der Waals surface area contributed by atoms with Crippen LogP contribution in [0.1, 0.15) is 24.2 Å². The minimum absolute atomic E-state index is 0.0627. The number of ether oxygens (including phenoxy) is 2. The first-order valence-corrected chi connectivity index (χ1v) is 8.33. The van der Waals surface area contributed by atoms with E-state index in [1.165, 1.54) is 31.2 Å². The SMILES string of the molecule is CCOC(=O)[C@]1(C)Oc2cc(NC(=O)c3cccc(F)c3F)ccc2NC1=O. The first-order valence-electron chi connectivity index (χ1n) is 8.33. The van der Waals surface area contributed by atoms with E-state index in [1.54, 1.807) is 6.92 Å². The van der Waals surface area contributed by atoms with Crippen LogP contribution >= 0.6 is 0 Å². The van der Waals surface area contributed by atoms with E-state index in [4.69, 9.17) is 9.47 Å². The normalized spacial score (nSPS) is 17.8. The van der Waals surface area contributed by atoms with E-state index in [0.717, 1.165) is 12.1 Å². The molecule has 0 spiro atoms. The highest BCUT2D eigenvalue weighted by Crippen LogP contribution is 2.36. The Hall–Kier alpha value is -3.49. The molecule has 0 fully saturated rings. The second kappa shape index (κ2) is 7.26. The van der Waals surface area contributed by atoms with Gasteiger partial charge >= 0.3 is 5.97 Å². The van der Waals surface area contributed by atoms with Gasteiger partial charge in [-0.1, -0.05) is 6.07 Å². The molecule has 2 N–H and O–H groups in total. The van der Waals surface area contributed by atoms with Crippen molar-refractivity contribution in [3.05, 3.63) is 53.6 Å². The number of anilines is 2. The molecule has 28 heavy (non-hydrogen) atoms. The summed E-state index contributed by atoms with van der Waals surface area (Å²) in [4.78, 5) is 36.6. The fourth-order valence-electron chi connectivity index (χ4n) is 2.58. The summed E-state index contributed by atoms with van der Waals surface area (Å²) in [6, 6.07) is 7.48. The lowest BCUT2D eigenvalue weighted by molar-refractivity contribution is -0.165. The molecule has 1 aliphatic rings. The van der Waals surface area contributed by atoms with Gasteiger partial charge in [0.25, 0.3) is 17.4 Å². The van der Waals surface area contributed by atoms with E-state index in [-0.39, 0.29) is 23.7 Å². The Bertz CT molecular complexity index is 979. The van der Waals surface area contributed by atoms with Crippen LogP contribution in [0.25, 0.3) is 0 Å². The average Bonchev–Trinajstić information content (AvgIpc) is 2.65. The molecule has 1 aliphatic heterocycles. The van der Waals surface area contributed by atoms with Gasteiger partial charge in [-0.25, -0.2) is 13.6 Å². The Kier molecular flexibility index (Phi) is 5.00. The Morgan fingerprint density at radius 3 is 2.71 bits per heavy atom. The lowest BCUT2D eigenvalue weighted by atomic mass is 10.0. The number of carbonyl (C=O) groups excluding carboxylic acids is 3. The molecule has 0 bridgehead atoms. The predicted octanol–water partition coefficient (Wildman–Crippen LogP) is 2.87. The summed E-state index contributed by atoms with van der Waals surface area (Å²) in [5.74, 6) is -4.74. The van der Waals surface area contributed by atoms with Crippen molar-refractivity contribution in [2.45, 2.75) is 19.4 Å². The van der Waals surface area contributed by atoms with Crippen LogP contribution in [0.5, 0.6) is 5.75 Å². The molecule has 2 aromatic rings. The summed E-state index contributed by atoms with van der Waals surface area (Å²) in [5.41, 5.74) is -1.90. The Balaban J connectivity index is 1.86. The molecule has 1 atom stereocenters. The number of benzene rings is 2. The summed E-state index contributed by atoms with van der Waals surface area (Å²) >= 11 is 0. The number of nitrogens with one attached hydrogen (secondary N) is 2. The van der Waals surface area contributed by atoms with E-state index < -0.39 is 40.6 Å². The molecule has 1 heterocycles. The highest BCUT2D eigenvalue weighted by molar-refractivity contribution is 6.14. The highest BCUT2D eigenvalue weighted by atomic mass is 19.2. The summed E-state index contributed by atoms with van der Waals surface area (Å²) in [6.45, 7) is 2.92. The summed E-state index contributed by atoms with van der Waals surface area (Å²) < 4.78 is 37.5. The summed E-state index contributed by atoms with van der Waals surface area (Å²) in [5, 5.41) is 4.95. The molecular formula is C19H16F2N2O5. The van der Waals surface area contributed by atoms with Crippen molar-refractivity contribution in [2.24, 2.45) is 0 Å². The van der Waals surface area contributed by atoms with E-state index in [9.17, 15) is 23.2 Å². The molecule has 146 valence electrons. The van der Waals surface area contributed by atoms with Crippen LogP contribution in [0.15, 0.2) is 36.4 Å². The number of fused-ring (bicyclic) bond motifs is 1. The molecule has 0 aliphatic carbocycles. The summed E-state index contributed by atoms with van der Waals surface area (Å²) in [7, 11) is 0. The van der Waals surface area contributed by atoms with Gasteiger partial charge in [-0.05, 0) is 38.1 Å². The largest absolute Gasteiger partial charge is 0.464 e. The van der Waals surface area contributed by atoms with Crippen LogP contribution in [0.4, 0.5) is 20.2 Å². The van der Waals surface area contributed by atoms with Gasteiger partial charge in [-0.3, -0.25) is 9.59 Å². The van der Waals surface area contributed by atoms with Crippen LogP contribution in [0, 0.1) is 11.6 Å². The van der Waals surface area contributed by atoms with Crippen molar-refractivity contribution in [1.82, 2.24) is 0 Å². The molecule has 0 saturated carbocycles. The van der Waals surface area contributed by atoms with Crippen molar-refractivity contribution in [3.8, 4) is 5.75 Å². The number of hydrogen-bond donors (Lipinski definition) is 2. The van der Waals surface area contributed by atoms with Gasteiger partial charge in [0.05, 0.1) is 17.9 Å². The van der Waals surface area contributed by atoms with Gasteiger partial charge in [0.15, 0.2) is 11.6 Å². The standard InChI is InChI=1S/C19H16F2N2O5/c1-3-27-18(26)19(2)17(25)23-13-8-7-10(9-14(13)28-19)22-16(24)11-5-4-6-12(20)15(11)21/h4-9H,3H2,1-2H3,(H,22,24)(H,23,25)/t19-/m1/s1. The number of amides is 2. The number of hydrogen-bond acceptors (Lipinski definition) is 5. The topological polar surface area (TPSA) is 93.7 Å². The first-order chi connectivity index (χ1) is 13.3. The van der Waals surface area contributed by atoms with Crippen molar-refractivity contribution in [3.63, 3.8) is 0 Å². The minimum atomic E-state index is -1.90. The van der Waals surface area contributed by atoms with Gasteiger partial charge in [-0.2, -0.15) is 0 Å². The second-order valence-electron chi connectivity index (χ2n) is 6.08. The molecular weight excluding hydrogens is 374 g/mol. The maximum absolute atomic E-state index is 13.8. The molecule has 0 saturated heterocycles. The van der Waals surface area contributed by atoms with Crippen LogP contribution in [0.2, 0.25) is 0 Å². The Morgan fingerprint density at radius 1 is 1.25 bits per heavy atom.